The summed E-state index contributed by atoms with van der Waals surface area (Å²) in [6, 6.07) is 15.7. The van der Waals surface area contributed by atoms with Crippen LogP contribution in [-0.2, 0) is 16.6 Å². The molecular weight excluding hydrogens is 338 g/mol. The predicted octanol–water partition coefficient (Wildman–Crippen LogP) is 2.00. The Morgan fingerprint density at radius 1 is 1.04 bits per heavy atom. The zero-order chi connectivity index (χ0) is 17.9. The van der Waals surface area contributed by atoms with Crippen molar-refractivity contribution in [2.24, 2.45) is 0 Å². The highest BCUT2D eigenvalue weighted by Crippen LogP contribution is 2.28. The van der Waals surface area contributed by atoms with Crippen molar-refractivity contribution in [2.45, 2.75) is 11.4 Å². The third-order valence-electron chi connectivity index (χ3n) is 3.94. The molecule has 0 aliphatic heterocycles. The van der Waals surface area contributed by atoms with Gasteiger partial charge in [-0.25, -0.2) is 8.42 Å². The Bertz CT molecular complexity index is 975. The van der Waals surface area contributed by atoms with Crippen molar-refractivity contribution in [1.82, 2.24) is 9.29 Å². The fraction of sp³-hybridized carbons (Fsp3) is 0.167. The van der Waals surface area contributed by atoms with Crippen molar-refractivity contribution in [3.63, 3.8) is 0 Å². The molecule has 0 atom stereocenters. The summed E-state index contributed by atoms with van der Waals surface area (Å²) in [5.74, 6) is 0. The molecule has 0 saturated heterocycles. The minimum absolute atomic E-state index is 0.00404. The Labute approximate surface area is 146 Å². The molecule has 6 nitrogen and oxygen atoms in total. The van der Waals surface area contributed by atoms with Crippen molar-refractivity contribution in [2.75, 3.05) is 18.9 Å². The van der Waals surface area contributed by atoms with Crippen LogP contribution in [0.4, 0.5) is 5.69 Å². The van der Waals surface area contributed by atoms with Gasteiger partial charge in [-0.3, -0.25) is 4.98 Å². The number of nitrogen functional groups attached to an aromatic ring is 1. The van der Waals surface area contributed by atoms with Crippen LogP contribution in [-0.4, -0.2) is 36.0 Å². The normalized spacial score (nSPS) is 11.9. The summed E-state index contributed by atoms with van der Waals surface area (Å²) in [4.78, 5) is 4.29. The molecule has 0 aliphatic carbocycles. The van der Waals surface area contributed by atoms with E-state index in [1.807, 2.05) is 30.3 Å². The van der Waals surface area contributed by atoms with Crippen LogP contribution in [0.5, 0.6) is 0 Å². The summed E-state index contributed by atoms with van der Waals surface area (Å²) in [5, 5.41) is 9.93. The Balaban J connectivity index is 2.08. The molecule has 0 amide bonds. The van der Waals surface area contributed by atoms with E-state index >= 15 is 0 Å². The lowest BCUT2D eigenvalue weighted by molar-refractivity contribution is 0.251. The molecule has 0 radical (unpaired) electrons. The van der Waals surface area contributed by atoms with Crippen molar-refractivity contribution >= 4 is 26.6 Å². The fourth-order valence-electron chi connectivity index (χ4n) is 2.70. The van der Waals surface area contributed by atoms with E-state index in [-0.39, 0.29) is 24.6 Å². The van der Waals surface area contributed by atoms with E-state index in [4.69, 9.17) is 5.73 Å². The molecule has 2 aromatic carbocycles. The van der Waals surface area contributed by atoms with Gasteiger partial charge in [0.25, 0.3) is 0 Å². The fourth-order valence-corrected chi connectivity index (χ4v) is 4.27. The second kappa shape index (κ2) is 7.18. The average molecular weight is 357 g/mol. The molecule has 0 saturated carbocycles. The number of fused-ring (bicyclic) bond motifs is 1. The van der Waals surface area contributed by atoms with Crippen LogP contribution in [0.3, 0.4) is 0 Å². The molecule has 3 rings (SSSR count). The first-order chi connectivity index (χ1) is 12.0. The van der Waals surface area contributed by atoms with Gasteiger partial charge in [0.15, 0.2) is 0 Å². The van der Waals surface area contributed by atoms with Gasteiger partial charge in [-0.2, -0.15) is 4.31 Å². The molecule has 3 N–H and O–H groups in total. The van der Waals surface area contributed by atoms with E-state index in [2.05, 4.69) is 4.98 Å². The minimum Gasteiger partial charge on any atom is -0.398 e. The van der Waals surface area contributed by atoms with Gasteiger partial charge in [-0.15, -0.1) is 0 Å². The van der Waals surface area contributed by atoms with E-state index < -0.39 is 10.0 Å². The number of pyridine rings is 1. The van der Waals surface area contributed by atoms with Crippen molar-refractivity contribution < 1.29 is 13.5 Å². The maximum Gasteiger partial charge on any atom is 0.245 e. The van der Waals surface area contributed by atoms with Crippen LogP contribution in [0.25, 0.3) is 10.9 Å². The summed E-state index contributed by atoms with van der Waals surface area (Å²) in [6.45, 7) is -0.106. The number of anilines is 1. The molecule has 0 bridgehead atoms. The van der Waals surface area contributed by atoms with Gasteiger partial charge in [0.1, 0.15) is 4.90 Å². The molecular formula is C18H19N3O3S. The van der Waals surface area contributed by atoms with Gasteiger partial charge in [0, 0.05) is 30.4 Å². The smallest absolute Gasteiger partial charge is 0.245 e. The molecule has 130 valence electrons. The summed E-state index contributed by atoms with van der Waals surface area (Å²) in [7, 11) is -3.85. The van der Waals surface area contributed by atoms with E-state index in [1.54, 1.807) is 18.2 Å². The zero-order valence-electron chi connectivity index (χ0n) is 13.5. The van der Waals surface area contributed by atoms with Crippen LogP contribution < -0.4 is 5.73 Å². The Hall–Kier alpha value is -2.48. The highest BCUT2D eigenvalue weighted by Gasteiger charge is 2.27. The molecule has 0 spiro atoms. The Morgan fingerprint density at radius 3 is 2.52 bits per heavy atom. The Kier molecular flexibility index (Phi) is 4.98. The SMILES string of the molecule is Nc1ccc(S(=O)(=O)N(CCO)Cc2ccccc2)c2ncccc12. The number of hydrogen-bond acceptors (Lipinski definition) is 5. The summed E-state index contributed by atoms with van der Waals surface area (Å²) in [5.41, 5.74) is 7.58. The minimum atomic E-state index is -3.85. The summed E-state index contributed by atoms with van der Waals surface area (Å²) < 4.78 is 27.6. The van der Waals surface area contributed by atoms with E-state index in [0.717, 1.165) is 5.56 Å². The number of hydrogen-bond donors (Lipinski definition) is 2. The third-order valence-corrected chi connectivity index (χ3v) is 5.81. The van der Waals surface area contributed by atoms with Crippen molar-refractivity contribution in [1.29, 1.82) is 0 Å². The molecule has 7 heteroatoms. The van der Waals surface area contributed by atoms with Gasteiger partial charge in [-0.05, 0) is 29.8 Å². The maximum atomic E-state index is 13.2. The molecule has 0 unspecified atom stereocenters. The average Bonchev–Trinajstić information content (AvgIpc) is 2.62. The van der Waals surface area contributed by atoms with Crippen LogP contribution in [0.2, 0.25) is 0 Å². The van der Waals surface area contributed by atoms with Crippen LogP contribution in [0.1, 0.15) is 5.56 Å². The van der Waals surface area contributed by atoms with Gasteiger partial charge in [0.05, 0.1) is 12.1 Å². The lowest BCUT2D eigenvalue weighted by Crippen LogP contribution is -2.33. The molecule has 0 fully saturated rings. The molecule has 25 heavy (non-hydrogen) atoms. The zero-order valence-corrected chi connectivity index (χ0v) is 14.4. The van der Waals surface area contributed by atoms with Gasteiger partial charge < -0.3 is 10.8 Å². The molecule has 3 aromatic rings. The second-order valence-corrected chi connectivity index (χ2v) is 7.51. The second-order valence-electron chi connectivity index (χ2n) is 5.60. The maximum absolute atomic E-state index is 13.2. The van der Waals surface area contributed by atoms with Crippen LogP contribution in [0.15, 0.2) is 65.7 Å². The van der Waals surface area contributed by atoms with E-state index in [1.165, 1.54) is 16.6 Å². The number of aliphatic hydroxyl groups is 1. The topological polar surface area (TPSA) is 96.5 Å². The van der Waals surface area contributed by atoms with Gasteiger partial charge in [-0.1, -0.05) is 30.3 Å². The number of nitrogens with zero attached hydrogens (tertiary/aromatic N) is 2. The van der Waals surface area contributed by atoms with Gasteiger partial charge in [0.2, 0.25) is 10.0 Å². The van der Waals surface area contributed by atoms with Gasteiger partial charge >= 0.3 is 0 Å². The van der Waals surface area contributed by atoms with Crippen molar-refractivity contribution in [3.05, 3.63) is 66.4 Å². The molecule has 1 aromatic heterocycles. The first-order valence-electron chi connectivity index (χ1n) is 7.82. The number of nitrogens with two attached hydrogens (primary N) is 1. The Morgan fingerprint density at radius 2 is 1.80 bits per heavy atom. The predicted molar refractivity (Wildman–Crippen MR) is 97.3 cm³/mol. The number of rotatable bonds is 6. The molecule has 1 heterocycles. The highest BCUT2D eigenvalue weighted by atomic mass is 32.2. The number of aliphatic hydroxyl groups excluding tert-OH is 1. The van der Waals surface area contributed by atoms with Crippen molar-refractivity contribution in [3.8, 4) is 0 Å². The number of benzene rings is 2. The monoisotopic (exact) mass is 357 g/mol. The van der Waals surface area contributed by atoms with E-state index in [9.17, 15) is 13.5 Å². The lowest BCUT2D eigenvalue weighted by atomic mass is 10.2. The van der Waals surface area contributed by atoms with Crippen LogP contribution >= 0.6 is 0 Å². The molecule has 0 aliphatic rings. The third kappa shape index (κ3) is 3.48. The van der Waals surface area contributed by atoms with Crippen LogP contribution in [0, 0.1) is 0 Å². The quantitative estimate of drug-likeness (QED) is 0.658. The first-order valence-corrected chi connectivity index (χ1v) is 9.26. The summed E-state index contributed by atoms with van der Waals surface area (Å²) >= 11 is 0. The summed E-state index contributed by atoms with van der Waals surface area (Å²) in [6.07, 6.45) is 1.54. The first kappa shape index (κ1) is 17.3. The lowest BCUT2D eigenvalue weighted by Gasteiger charge is -2.22. The standard InChI is InChI=1S/C18H19N3O3S/c19-16-8-9-17(18-15(16)7-4-10-20-18)25(23,24)21(11-12-22)13-14-5-2-1-3-6-14/h1-10,22H,11-13,19H2. The highest BCUT2D eigenvalue weighted by molar-refractivity contribution is 7.89. The number of sulfonamides is 1. The largest absolute Gasteiger partial charge is 0.398 e. The van der Waals surface area contributed by atoms with E-state index in [0.29, 0.717) is 16.6 Å². The number of aromatic nitrogens is 1.